The van der Waals surface area contributed by atoms with Crippen LogP contribution in [0.2, 0.25) is 0 Å². The van der Waals surface area contributed by atoms with Crippen molar-refractivity contribution in [1.82, 2.24) is 24.6 Å². The summed E-state index contributed by atoms with van der Waals surface area (Å²) in [7, 11) is 3.35. The lowest BCUT2D eigenvalue weighted by Gasteiger charge is -2.39. The van der Waals surface area contributed by atoms with E-state index in [4.69, 9.17) is 14.6 Å². The van der Waals surface area contributed by atoms with E-state index in [-0.39, 0.29) is 24.5 Å². The van der Waals surface area contributed by atoms with Crippen LogP contribution in [-0.2, 0) is 19.8 Å². The third-order valence-electron chi connectivity index (χ3n) is 7.13. The van der Waals surface area contributed by atoms with Gasteiger partial charge in [-0.15, -0.1) is 0 Å². The second kappa shape index (κ2) is 10.9. The first-order chi connectivity index (χ1) is 19.9. The summed E-state index contributed by atoms with van der Waals surface area (Å²) in [6, 6.07) is 12.9. The molecule has 5 rings (SSSR count). The Labute approximate surface area is 242 Å². The number of H-pyrrole nitrogens is 1. The maximum absolute atomic E-state index is 13.0. The van der Waals surface area contributed by atoms with E-state index in [1.54, 1.807) is 63.8 Å². The molecule has 1 aliphatic rings. The minimum absolute atomic E-state index is 0.0448. The summed E-state index contributed by atoms with van der Waals surface area (Å²) in [5.74, 6) is -0.322. The summed E-state index contributed by atoms with van der Waals surface area (Å²) in [6.45, 7) is 5.43. The number of nitrogens with one attached hydrogen (secondary N) is 2. The molecule has 0 spiro atoms. The molecule has 1 amide bonds. The number of aromatic nitrogens is 4. The van der Waals surface area contributed by atoms with Gasteiger partial charge in [0.25, 0.3) is 11.5 Å². The van der Waals surface area contributed by atoms with Gasteiger partial charge in [0.2, 0.25) is 0 Å². The Morgan fingerprint density at radius 3 is 2.71 bits per heavy atom. The lowest BCUT2D eigenvalue weighted by atomic mass is 9.87. The van der Waals surface area contributed by atoms with E-state index in [1.165, 1.54) is 11.1 Å². The molecule has 12 nitrogen and oxygen atoms in total. The minimum Gasteiger partial charge on any atom is -0.458 e. The molecule has 0 aliphatic carbocycles. The largest absolute Gasteiger partial charge is 0.458 e. The zero-order valence-corrected chi connectivity index (χ0v) is 24.2. The molecule has 1 fully saturated rings. The van der Waals surface area contributed by atoms with Crippen molar-refractivity contribution in [1.29, 1.82) is 5.26 Å². The number of carbonyl (C=O) groups is 2. The van der Waals surface area contributed by atoms with Gasteiger partial charge in [0.1, 0.15) is 16.7 Å². The predicted molar refractivity (Wildman–Crippen MR) is 156 cm³/mol. The molecule has 1 unspecified atom stereocenters. The first kappa shape index (κ1) is 28.8. The van der Waals surface area contributed by atoms with E-state index >= 15 is 0 Å². The molecule has 4 heterocycles. The van der Waals surface area contributed by atoms with Crippen LogP contribution in [0.3, 0.4) is 0 Å². The third kappa shape index (κ3) is 5.56. The zero-order chi connectivity index (χ0) is 30.2. The van der Waals surface area contributed by atoms with Gasteiger partial charge < -0.3 is 24.7 Å². The smallest absolute Gasteiger partial charge is 0.335 e. The molecule has 0 bridgehead atoms. The van der Waals surface area contributed by atoms with Gasteiger partial charge >= 0.3 is 5.97 Å². The maximum atomic E-state index is 13.0. The number of nitrogens with zero attached hydrogens (tertiary/aromatic N) is 5. The monoisotopic (exact) mass is 571 g/mol. The van der Waals surface area contributed by atoms with Crippen molar-refractivity contribution in [3.63, 3.8) is 0 Å². The quantitative estimate of drug-likeness (QED) is 0.328. The van der Waals surface area contributed by atoms with Crippen LogP contribution in [0.5, 0.6) is 0 Å². The van der Waals surface area contributed by atoms with Crippen LogP contribution in [-0.4, -0.2) is 68.9 Å². The van der Waals surface area contributed by atoms with E-state index in [0.29, 0.717) is 46.5 Å². The van der Waals surface area contributed by atoms with Crippen molar-refractivity contribution in [3.8, 4) is 6.07 Å². The number of nitriles is 1. The van der Waals surface area contributed by atoms with E-state index in [1.807, 2.05) is 12.1 Å². The standard InChI is InChI=1S/C30H33N7O5/c1-29(2,3)42-28(40)23-10-12-30(13-14-31,17-41-23)37-22-11-15-32-26(38)24(22)25(35-37)33-19-7-9-20-18(16-19)6-8-21(34-20)27(39)36(4)5/h6-9,11,15-16,23H,10,12-13,17H2,1-5H3,(H,32,38)(H,33,35)/t23?,30-/m0/s1. The Hall–Kier alpha value is -4.76. The number of hydrogen-bond acceptors (Lipinski definition) is 9. The number of amides is 1. The van der Waals surface area contributed by atoms with Crippen molar-refractivity contribution in [2.75, 3.05) is 26.0 Å². The minimum atomic E-state index is -0.901. The molecule has 1 saturated heterocycles. The van der Waals surface area contributed by atoms with Gasteiger partial charge in [0, 0.05) is 31.4 Å². The van der Waals surface area contributed by atoms with Crippen LogP contribution in [0.15, 0.2) is 47.4 Å². The normalized spacial score (nSPS) is 18.9. The number of pyridine rings is 2. The predicted octanol–water partition coefficient (Wildman–Crippen LogP) is 3.85. The Balaban J connectivity index is 1.48. The Morgan fingerprint density at radius 1 is 1.26 bits per heavy atom. The molecule has 0 radical (unpaired) electrons. The van der Waals surface area contributed by atoms with Gasteiger partial charge in [0.15, 0.2) is 11.9 Å². The molecule has 2 atom stereocenters. The number of benzene rings is 1. The van der Waals surface area contributed by atoms with Gasteiger partial charge in [-0.25, -0.2) is 9.78 Å². The van der Waals surface area contributed by atoms with Crippen LogP contribution in [0.4, 0.5) is 11.5 Å². The summed E-state index contributed by atoms with van der Waals surface area (Å²) in [4.78, 5) is 46.7. The highest BCUT2D eigenvalue weighted by Crippen LogP contribution is 2.37. The van der Waals surface area contributed by atoms with Crippen molar-refractivity contribution < 1.29 is 19.1 Å². The number of ether oxygens (including phenoxy) is 2. The number of aromatic amines is 1. The highest BCUT2D eigenvalue weighted by atomic mass is 16.6. The topological polar surface area (TPSA) is 155 Å². The Kier molecular flexibility index (Phi) is 7.47. The number of hydrogen-bond donors (Lipinski definition) is 2. The number of anilines is 2. The van der Waals surface area contributed by atoms with Crippen molar-refractivity contribution in [3.05, 3.63) is 58.6 Å². The fourth-order valence-electron chi connectivity index (χ4n) is 5.11. The lowest BCUT2D eigenvalue weighted by molar-refractivity contribution is -0.176. The van der Waals surface area contributed by atoms with Crippen molar-refractivity contribution in [2.24, 2.45) is 0 Å². The summed E-state index contributed by atoms with van der Waals surface area (Å²) in [5, 5.41) is 18.9. The van der Waals surface area contributed by atoms with Crippen LogP contribution < -0.4 is 10.9 Å². The maximum Gasteiger partial charge on any atom is 0.335 e. The summed E-state index contributed by atoms with van der Waals surface area (Å²) in [6.07, 6.45) is 1.60. The second-order valence-electron chi connectivity index (χ2n) is 11.7. The van der Waals surface area contributed by atoms with E-state index in [0.717, 1.165) is 5.39 Å². The van der Waals surface area contributed by atoms with Gasteiger partial charge in [-0.1, -0.05) is 6.07 Å². The molecule has 2 N–H and O–H groups in total. The van der Waals surface area contributed by atoms with E-state index in [2.05, 4.69) is 21.4 Å². The first-order valence-corrected chi connectivity index (χ1v) is 13.6. The molecular formula is C30H33N7O5. The second-order valence-corrected chi connectivity index (χ2v) is 11.7. The fraction of sp³-hybridized carbons (Fsp3) is 0.400. The molecule has 42 heavy (non-hydrogen) atoms. The van der Waals surface area contributed by atoms with Crippen molar-refractivity contribution >= 4 is 45.2 Å². The van der Waals surface area contributed by atoms with Gasteiger partial charge in [-0.3, -0.25) is 14.3 Å². The van der Waals surface area contributed by atoms with Crippen LogP contribution in [0.25, 0.3) is 21.8 Å². The summed E-state index contributed by atoms with van der Waals surface area (Å²) >= 11 is 0. The van der Waals surface area contributed by atoms with Gasteiger partial charge in [-0.2, -0.15) is 10.4 Å². The molecule has 12 heteroatoms. The number of rotatable bonds is 6. The lowest BCUT2D eigenvalue weighted by Crippen LogP contribution is -2.47. The highest BCUT2D eigenvalue weighted by Gasteiger charge is 2.43. The highest BCUT2D eigenvalue weighted by molar-refractivity contribution is 5.96. The third-order valence-corrected chi connectivity index (χ3v) is 7.13. The first-order valence-electron chi connectivity index (χ1n) is 13.6. The summed E-state index contributed by atoms with van der Waals surface area (Å²) < 4.78 is 13.2. The van der Waals surface area contributed by atoms with Crippen molar-refractivity contribution in [2.45, 2.75) is 57.3 Å². The van der Waals surface area contributed by atoms with Crippen LogP contribution in [0, 0.1) is 11.3 Å². The molecule has 1 aromatic carbocycles. The van der Waals surface area contributed by atoms with Crippen LogP contribution in [0.1, 0.15) is 50.5 Å². The zero-order valence-electron chi connectivity index (χ0n) is 24.2. The Bertz CT molecular complexity index is 1770. The molecule has 3 aromatic heterocycles. The molecular weight excluding hydrogens is 538 g/mol. The average molecular weight is 572 g/mol. The van der Waals surface area contributed by atoms with Crippen LogP contribution >= 0.6 is 0 Å². The molecule has 4 aromatic rings. The SMILES string of the molecule is CN(C)C(=O)c1ccc2cc(Nc3nn([C@]4(CC#N)CCC(C(=O)OC(C)(C)C)OC4)c4cc[nH]c(=O)c34)ccc2n1. The Morgan fingerprint density at radius 2 is 2.05 bits per heavy atom. The van der Waals surface area contributed by atoms with E-state index in [9.17, 15) is 19.6 Å². The van der Waals surface area contributed by atoms with Gasteiger partial charge in [0.05, 0.1) is 35.7 Å². The van der Waals surface area contributed by atoms with E-state index < -0.39 is 23.2 Å². The molecule has 1 aliphatic heterocycles. The number of carbonyl (C=O) groups excluding carboxylic acids is 2. The average Bonchev–Trinajstić information content (AvgIpc) is 3.32. The molecule has 218 valence electrons. The number of fused-ring (bicyclic) bond motifs is 2. The van der Waals surface area contributed by atoms with Gasteiger partial charge in [-0.05, 0) is 63.9 Å². The summed E-state index contributed by atoms with van der Waals surface area (Å²) in [5.41, 5.74) is 0.291. The fourth-order valence-corrected chi connectivity index (χ4v) is 5.11. The molecule has 0 saturated carbocycles. The number of esters is 1.